The third-order valence-electron chi connectivity index (χ3n) is 3.75. The SMILES string of the molecule is COc1ncccc1CNC1CCC(C(N)=O)CC1. The predicted molar refractivity (Wildman–Crippen MR) is 72.6 cm³/mol. The van der Waals surface area contributed by atoms with Crippen LogP contribution in [0.25, 0.3) is 0 Å². The summed E-state index contributed by atoms with van der Waals surface area (Å²) < 4.78 is 5.22. The summed E-state index contributed by atoms with van der Waals surface area (Å²) in [6, 6.07) is 4.36. The molecule has 1 aliphatic carbocycles. The Morgan fingerprint density at radius 2 is 2.21 bits per heavy atom. The molecule has 0 atom stereocenters. The maximum absolute atomic E-state index is 11.1. The summed E-state index contributed by atoms with van der Waals surface area (Å²) >= 11 is 0. The third kappa shape index (κ3) is 3.67. The smallest absolute Gasteiger partial charge is 0.220 e. The van der Waals surface area contributed by atoms with Gasteiger partial charge in [0.25, 0.3) is 0 Å². The van der Waals surface area contributed by atoms with Crippen LogP contribution >= 0.6 is 0 Å². The Balaban J connectivity index is 1.82. The van der Waals surface area contributed by atoms with E-state index in [2.05, 4.69) is 10.3 Å². The molecule has 0 saturated heterocycles. The van der Waals surface area contributed by atoms with E-state index < -0.39 is 0 Å². The van der Waals surface area contributed by atoms with Gasteiger partial charge in [0.15, 0.2) is 0 Å². The van der Waals surface area contributed by atoms with Gasteiger partial charge in [-0.05, 0) is 31.7 Å². The zero-order valence-corrected chi connectivity index (χ0v) is 11.3. The van der Waals surface area contributed by atoms with Crippen LogP contribution in [0.2, 0.25) is 0 Å². The van der Waals surface area contributed by atoms with Crippen molar-refractivity contribution in [1.29, 1.82) is 0 Å². The van der Waals surface area contributed by atoms with E-state index in [1.54, 1.807) is 13.3 Å². The van der Waals surface area contributed by atoms with E-state index in [0.29, 0.717) is 11.9 Å². The van der Waals surface area contributed by atoms with Gasteiger partial charge in [0.05, 0.1) is 7.11 Å². The molecule has 1 aromatic rings. The van der Waals surface area contributed by atoms with E-state index in [-0.39, 0.29) is 11.8 Å². The van der Waals surface area contributed by atoms with Crippen LogP contribution in [0.5, 0.6) is 5.88 Å². The number of nitrogens with zero attached hydrogens (tertiary/aromatic N) is 1. The number of ether oxygens (including phenoxy) is 1. The third-order valence-corrected chi connectivity index (χ3v) is 3.75. The van der Waals surface area contributed by atoms with Gasteiger partial charge in [0.2, 0.25) is 11.8 Å². The van der Waals surface area contributed by atoms with Crippen molar-refractivity contribution in [1.82, 2.24) is 10.3 Å². The lowest BCUT2D eigenvalue weighted by Crippen LogP contribution is -2.36. The highest BCUT2D eigenvalue weighted by Gasteiger charge is 2.24. The minimum absolute atomic E-state index is 0.0611. The van der Waals surface area contributed by atoms with Crippen LogP contribution in [0, 0.1) is 5.92 Å². The molecule has 0 aliphatic heterocycles. The molecule has 1 saturated carbocycles. The monoisotopic (exact) mass is 263 g/mol. The number of primary amides is 1. The molecule has 1 heterocycles. The highest BCUT2D eigenvalue weighted by atomic mass is 16.5. The Morgan fingerprint density at radius 1 is 1.47 bits per heavy atom. The summed E-state index contributed by atoms with van der Waals surface area (Å²) in [5.74, 6) is 0.569. The van der Waals surface area contributed by atoms with E-state index in [1.165, 1.54) is 0 Å². The summed E-state index contributed by atoms with van der Waals surface area (Å²) in [5, 5.41) is 3.50. The standard InChI is InChI=1S/C14H21N3O2/c1-19-14-11(3-2-8-16-14)9-17-12-6-4-10(5-7-12)13(15)18/h2-3,8,10,12,17H,4-7,9H2,1H3,(H2,15,18). The largest absolute Gasteiger partial charge is 0.481 e. The van der Waals surface area contributed by atoms with Gasteiger partial charge in [0, 0.05) is 30.3 Å². The summed E-state index contributed by atoms with van der Waals surface area (Å²) in [4.78, 5) is 15.3. The number of hydrogen-bond donors (Lipinski definition) is 2. The molecule has 3 N–H and O–H groups in total. The van der Waals surface area contributed by atoms with Crippen molar-refractivity contribution in [3.63, 3.8) is 0 Å². The molecule has 19 heavy (non-hydrogen) atoms. The van der Waals surface area contributed by atoms with Gasteiger partial charge in [-0.15, -0.1) is 0 Å². The van der Waals surface area contributed by atoms with Crippen molar-refractivity contribution in [2.45, 2.75) is 38.3 Å². The number of carbonyl (C=O) groups is 1. The first-order valence-corrected chi connectivity index (χ1v) is 6.71. The first-order chi connectivity index (χ1) is 9.20. The van der Waals surface area contributed by atoms with Gasteiger partial charge >= 0.3 is 0 Å². The van der Waals surface area contributed by atoms with Crippen LogP contribution < -0.4 is 15.8 Å². The van der Waals surface area contributed by atoms with Crippen molar-refractivity contribution in [2.75, 3.05) is 7.11 Å². The minimum Gasteiger partial charge on any atom is -0.481 e. The Labute approximate surface area is 113 Å². The summed E-state index contributed by atoms with van der Waals surface area (Å²) in [6.45, 7) is 0.739. The van der Waals surface area contributed by atoms with Gasteiger partial charge in [0.1, 0.15) is 0 Å². The molecule has 0 spiro atoms. The Hall–Kier alpha value is -1.62. The second kappa shape index (κ2) is 6.52. The molecular formula is C14H21N3O2. The fourth-order valence-electron chi connectivity index (χ4n) is 2.58. The zero-order chi connectivity index (χ0) is 13.7. The van der Waals surface area contributed by atoms with E-state index >= 15 is 0 Å². The number of pyridine rings is 1. The van der Waals surface area contributed by atoms with Crippen LogP contribution in [-0.4, -0.2) is 24.0 Å². The fourth-order valence-corrected chi connectivity index (χ4v) is 2.58. The van der Waals surface area contributed by atoms with E-state index in [1.807, 2.05) is 12.1 Å². The van der Waals surface area contributed by atoms with Gasteiger partial charge in [-0.25, -0.2) is 4.98 Å². The van der Waals surface area contributed by atoms with E-state index in [0.717, 1.165) is 37.8 Å². The lowest BCUT2D eigenvalue weighted by atomic mass is 9.85. The molecule has 104 valence electrons. The first kappa shape index (κ1) is 13.8. The number of nitrogens with one attached hydrogen (secondary N) is 1. The van der Waals surface area contributed by atoms with Gasteiger partial charge in [-0.3, -0.25) is 4.79 Å². The minimum atomic E-state index is -0.160. The van der Waals surface area contributed by atoms with Gasteiger partial charge < -0.3 is 15.8 Å². The maximum atomic E-state index is 11.1. The van der Waals surface area contributed by atoms with Crippen LogP contribution in [0.3, 0.4) is 0 Å². The van der Waals surface area contributed by atoms with Crippen LogP contribution in [0.15, 0.2) is 18.3 Å². The molecule has 5 heteroatoms. The molecule has 2 rings (SSSR count). The number of carbonyl (C=O) groups excluding carboxylic acids is 1. The van der Waals surface area contributed by atoms with Crippen LogP contribution in [0.1, 0.15) is 31.2 Å². The first-order valence-electron chi connectivity index (χ1n) is 6.71. The molecule has 1 fully saturated rings. The van der Waals surface area contributed by atoms with Crippen LogP contribution in [0.4, 0.5) is 0 Å². The summed E-state index contributed by atoms with van der Waals surface area (Å²) in [5.41, 5.74) is 6.39. The Kier molecular flexibility index (Phi) is 4.74. The Morgan fingerprint density at radius 3 is 2.84 bits per heavy atom. The lowest BCUT2D eigenvalue weighted by molar-refractivity contribution is -0.122. The highest BCUT2D eigenvalue weighted by Crippen LogP contribution is 2.24. The number of nitrogens with two attached hydrogens (primary N) is 1. The molecule has 0 radical (unpaired) electrons. The quantitative estimate of drug-likeness (QED) is 0.837. The maximum Gasteiger partial charge on any atom is 0.220 e. The van der Waals surface area contributed by atoms with Crippen molar-refractivity contribution >= 4 is 5.91 Å². The number of methoxy groups -OCH3 is 1. The second-order valence-electron chi connectivity index (χ2n) is 5.00. The van der Waals surface area contributed by atoms with E-state index in [4.69, 9.17) is 10.5 Å². The number of rotatable bonds is 5. The molecule has 1 aromatic heterocycles. The summed E-state index contributed by atoms with van der Waals surface area (Å²) in [7, 11) is 1.63. The van der Waals surface area contributed by atoms with Gasteiger partial charge in [-0.2, -0.15) is 0 Å². The predicted octanol–water partition coefficient (Wildman–Crippen LogP) is 1.22. The fraction of sp³-hybridized carbons (Fsp3) is 0.571. The molecule has 0 aromatic carbocycles. The van der Waals surface area contributed by atoms with Crippen molar-refractivity contribution in [2.24, 2.45) is 11.7 Å². The molecule has 5 nitrogen and oxygen atoms in total. The summed E-state index contributed by atoms with van der Waals surface area (Å²) in [6.07, 6.45) is 5.49. The molecule has 0 unspecified atom stereocenters. The average Bonchev–Trinajstić information content (AvgIpc) is 2.45. The van der Waals surface area contributed by atoms with Crippen LogP contribution in [-0.2, 0) is 11.3 Å². The van der Waals surface area contributed by atoms with Crippen molar-refractivity contribution in [3.05, 3.63) is 23.9 Å². The normalized spacial score (nSPS) is 23.0. The molecular weight excluding hydrogens is 242 g/mol. The Bertz CT molecular complexity index is 428. The number of aromatic nitrogens is 1. The number of hydrogen-bond acceptors (Lipinski definition) is 4. The lowest BCUT2D eigenvalue weighted by Gasteiger charge is -2.27. The molecule has 1 amide bonds. The van der Waals surface area contributed by atoms with E-state index in [9.17, 15) is 4.79 Å². The molecule has 1 aliphatic rings. The average molecular weight is 263 g/mol. The highest BCUT2D eigenvalue weighted by molar-refractivity contribution is 5.76. The van der Waals surface area contributed by atoms with Crippen molar-refractivity contribution < 1.29 is 9.53 Å². The zero-order valence-electron chi connectivity index (χ0n) is 11.3. The van der Waals surface area contributed by atoms with Gasteiger partial charge in [-0.1, -0.05) is 6.07 Å². The second-order valence-corrected chi connectivity index (χ2v) is 5.00. The topological polar surface area (TPSA) is 77.2 Å². The number of amides is 1. The van der Waals surface area contributed by atoms with Crippen molar-refractivity contribution in [3.8, 4) is 5.88 Å². The molecule has 0 bridgehead atoms.